The second-order valence-electron chi connectivity index (χ2n) is 5.80. The van der Waals surface area contributed by atoms with Crippen molar-refractivity contribution in [3.05, 3.63) is 65.7 Å². The number of aliphatic imine (C=N–C) groups is 2. The fraction of sp³-hybridized carbons (Fsp3) is 0.300. The van der Waals surface area contributed by atoms with Crippen molar-refractivity contribution in [3.63, 3.8) is 0 Å². The summed E-state index contributed by atoms with van der Waals surface area (Å²) in [5.41, 5.74) is 3.22. The van der Waals surface area contributed by atoms with Gasteiger partial charge in [-0.3, -0.25) is 0 Å². The third kappa shape index (κ3) is 4.26. The summed E-state index contributed by atoms with van der Waals surface area (Å²) < 4.78 is 0. The Kier molecular flexibility index (Phi) is 5.70. The maximum atomic E-state index is 4.93. The van der Waals surface area contributed by atoms with Gasteiger partial charge in [-0.05, 0) is 31.2 Å². The first-order chi connectivity index (χ1) is 11.8. The number of rotatable bonds is 3. The number of aryl methyl sites for hydroxylation is 1. The Labute approximate surface area is 148 Å². The van der Waals surface area contributed by atoms with Crippen LogP contribution in [0.1, 0.15) is 24.5 Å². The summed E-state index contributed by atoms with van der Waals surface area (Å²) in [6, 6.07) is 18.5. The van der Waals surface area contributed by atoms with Gasteiger partial charge in [-0.2, -0.15) is 0 Å². The molecule has 0 aromatic heterocycles. The first-order valence-corrected chi connectivity index (χ1v) is 9.42. The van der Waals surface area contributed by atoms with Gasteiger partial charge in [0, 0.05) is 18.7 Å². The number of hydrogen-bond acceptors (Lipinski definition) is 2. The van der Waals surface area contributed by atoms with Crippen molar-refractivity contribution in [2.24, 2.45) is 9.98 Å². The Bertz CT molecular complexity index is 716. The average molecular weight is 337 g/mol. The topological polar surface area (TPSA) is 28.0 Å². The van der Waals surface area contributed by atoms with Crippen LogP contribution >= 0.6 is 11.8 Å². The second-order valence-corrected chi connectivity index (χ2v) is 7.04. The first kappa shape index (κ1) is 16.8. The van der Waals surface area contributed by atoms with E-state index >= 15 is 0 Å². The summed E-state index contributed by atoms with van der Waals surface area (Å²) >= 11 is 1.79. The van der Waals surface area contributed by atoms with Crippen LogP contribution in [0.15, 0.2) is 64.6 Å². The van der Waals surface area contributed by atoms with E-state index in [0.717, 1.165) is 41.1 Å². The largest absolute Gasteiger partial charge is 0.351 e. The van der Waals surface area contributed by atoms with Crippen molar-refractivity contribution in [1.82, 2.24) is 4.90 Å². The summed E-state index contributed by atoms with van der Waals surface area (Å²) in [6.45, 7) is 6.44. The summed E-state index contributed by atoms with van der Waals surface area (Å²) in [5.74, 6) is 1.80. The Hall–Kier alpha value is -2.07. The molecular weight excluding hydrogens is 314 g/mol. The minimum absolute atomic E-state index is 0.780. The van der Waals surface area contributed by atoms with Crippen LogP contribution in [0.2, 0.25) is 0 Å². The van der Waals surface area contributed by atoms with Crippen LogP contribution < -0.4 is 0 Å². The zero-order valence-corrected chi connectivity index (χ0v) is 15.1. The average Bonchev–Trinajstić information content (AvgIpc) is 2.55. The maximum absolute atomic E-state index is 4.93. The molecule has 4 heteroatoms. The third-order valence-corrected chi connectivity index (χ3v) is 4.80. The van der Waals surface area contributed by atoms with Gasteiger partial charge in [0.05, 0.1) is 5.69 Å². The van der Waals surface area contributed by atoms with Crippen LogP contribution in [0.4, 0.5) is 5.69 Å². The van der Waals surface area contributed by atoms with Gasteiger partial charge in [-0.15, -0.1) is 0 Å². The lowest BCUT2D eigenvalue weighted by molar-refractivity contribution is 0.306. The van der Waals surface area contributed by atoms with E-state index in [-0.39, 0.29) is 0 Å². The number of benzene rings is 2. The molecule has 0 atom stereocenters. The molecule has 0 unspecified atom stereocenters. The number of amidine groups is 2. The van der Waals surface area contributed by atoms with Gasteiger partial charge in [-0.25, -0.2) is 9.98 Å². The molecule has 0 bridgehead atoms. The second kappa shape index (κ2) is 8.15. The van der Waals surface area contributed by atoms with Crippen LogP contribution in [0.5, 0.6) is 0 Å². The Balaban J connectivity index is 1.99. The highest BCUT2D eigenvalue weighted by molar-refractivity contribution is 8.13. The SMILES string of the molecule is CCSC(=NC(=Nc1ccc(C)cc1)c1ccccc1)N1CCC1. The lowest BCUT2D eigenvalue weighted by Gasteiger charge is -2.33. The first-order valence-electron chi connectivity index (χ1n) is 8.43. The van der Waals surface area contributed by atoms with E-state index in [1.807, 2.05) is 30.3 Å². The number of nitrogens with zero attached hydrogens (tertiary/aromatic N) is 3. The smallest absolute Gasteiger partial charge is 0.166 e. The highest BCUT2D eigenvalue weighted by atomic mass is 32.2. The minimum atomic E-state index is 0.780. The molecule has 1 aliphatic heterocycles. The molecule has 2 aromatic rings. The number of thioether (sulfide) groups is 1. The van der Waals surface area contributed by atoms with Crippen LogP contribution in [0.25, 0.3) is 0 Å². The molecule has 3 rings (SSSR count). The highest BCUT2D eigenvalue weighted by Gasteiger charge is 2.19. The van der Waals surface area contributed by atoms with E-state index < -0.39 is 0 Å². The minimum Gasteiger partial charge on any atom is -0.351 e. The summed E-state index contributed by atoms with van der Waals surface area (Å²) in [4.78, 5) is 12.1. The highest BCUT2D eigenvalue weighted by Crippen LogP contribution is 2.20. The maximum Gasteiger partial charge on any atom is 0.166 e. The molecule has 24 heavy (non-hydrogen) atoms. The van der Waals surface area contributed by atoms with E-state index in [0.29, 0.717) is 0 Å². The van der Waals surface area contributed by atoms with Crippen molar-refractivity contribution in [2.45, 2.75) is 20.3 Å². The van der Waals surface area contributed by atoms with Gasteiger partial charge in [-0.1, -0.05) is 66.7 Å². The van der Waals surface area contributed by atoms with Crippen LogP contribution in [-0.4, -0.2) is 34.7 Å². The number of hydrogen-bond donors (Lipinski definition) is 0. The molecule has 0 saturated carbocycles. The van der Waals surface area contributed by atoms with E-state index in [9.17, 15) is 0 Å². The standard InChI is InChI=1S/C20H23N3S/c1-3-24-20(23-14-7-15-23)22-19(17-8-5-4-6-9-17)21-18-12-10-16(2)11-13-18/h4-6,8-13H,3,7,14-15H2,1-2H3. The molecule has 0 N–H and O–H groups in total. The number of likely N-dealkylation sites (tertiary alicyclic amines) is 1. The lowest BCUT2D eigenvalue weighted by atomic mass is 10.2. The normalized spacial score (nSPS) is 15.3. The molecule has 1 heterocycles. The third-order valence-electron chi connectivity index (χ3n) is 3.90. The van der Waals surface area contributed by atoms with Crippen molar-refractivity contribution >= 4 is 28.5 Å². The molecule has 1 saturated heterocycles. The van der Waals surface area contributed by atoms with Crippen LogP contribution in [0, 0.1) is 6.92 Å². The molecule has 124 valence electrons. The molecular formula is C20H23N3S. The molecule has 0 amide bonds. The van der Waals surface area contributed by atoms with Crippen molar-refractivity contribution in [1.29, 1.82) is 0 Å². The molecule has 0 radical (unpaired) electrons. The molecule has 1 aliphatic rings. The Morgan fingerprint density at radius 3 is 2.33 bits per heavy atom. The monoisotopic (exact) mass is 337 g/mol. The van der Waals surface area contributed by atoms with Gasteiger partial charge < -0.3 is 4.90 Å². The zero-order valence-electron chi connectivity index (χ0n) is 14.3. The molecule has 0 aliphatic carbocycles. The summed E-state index contributed by atoms with van der Waals surface area (Å²) in [7, 11) is 0. The van der Waals surface area contributed by atoms with Crippen molar-refractivity contribution in [2.75, 3.05) is 18.8 Å². The molecule has 0 spiro atoms. The predicted molar refractivity (Wildman–Crippen MR) is 106 cm³/mol. The summed E-state index contributed by atoms with van der Waals surface area (Å²) in [5, 5.41) is 1.08. The van der Waals surface area contributed by atoms with Crippen molar-refractivity contribution < 1.29 is 0 Å². The Morgan fingerprint density at radius 1 is 1.04 bits per heavy atom. The van der Waals surface area contributed by atoms with Crippen LogP contribution in [0.3, 0.4) is 0 Å². The van der Waals surface area contributed by atoms with E-state index in [1.165, 1.54) is 12.0 Å². The summed E-state index contributed by atoms with van der Waals surface area (Å²) in [6.07, 6.45) is 1.25. The quantitative estimate of drug-likeness (QED) is 0.589. The van der Waals surface area contributed by atoms with Gasteiger partial charge >= 0.3 is 0 Å². The predicted octanol–water partition coefficient (Wildman–Crippen LogP) is 4.89. The van der Waals surface area contributed by atoms with Gasteiger partial charge in [0.2, 0.25) is 0 Å². The van der Waals surface area contributed by atoms with Crippen LogP contribution in [-0.2, 0) is 0 Å². The fourth-order valence-corrected chi connectivity index (χ4v) is 3.18. The molecule has 2 aromatic carbocycles. The molecule has 1 fully saturated rings. The van der Waals surface area contributed by atoms with Crippen molar-refractivity contribution in [3.8, 4) is 0 Å². The zero-order chi connectivity index (χ0) is 16.8. The lowest BCUT2D eigenvalue weighted by Crippen LogP contribution is -2.41. The van der Waals surface area contributed by atoms with Gasteiger partial charge in [0.15, 0.2) is 11.0 Å². The molecule has 3 nitrogen and oxygen atoms in total. The Morgan fingerprint density at radius 2 is 1.75 bits per heavy atom. The van der Waals surface area contributed by atoms with E-state index in [1.54, 1.807) is 11.8 Å². The van der Waals surface area contributed by atoms with Gasteiger partial charge in [0.25, 0.3) is 0 Å². The van der Waals surface area contributed by atoms with E-state index in [2.05, 4.69) is 43.0 Å². The van der Waals surface area contributed by atoms with Gasteiger partial charge in [0.1, 0.15) is 0 Å². The van der Waals surface area contributed by atoms with E-state index in [4.69, 9.17) is 9.98 Å². The fourth-order valence-electron chi connectivity index (χ4n) is 2.40.